The van der Waals surface area contributed by atoms with Crippen molar-refractivity contribution in [2.45, 2.75) is 44.4 Å². The second-order valence-corrected chi connectivity index (χ2v) is 13.7. The molecule has 2 aromatic rings. The van der Waals surface area contributed by atoms with Gasteiger partial charge in [-0.05, 0) is 23.7 Å². The van der Waals surface area contributed by atoms with Crippen LogP contribution in [0.5, 0.6) is 0 Å². The van der Waals surface area contributed by atoms with Crippen molar-refractivity contribution in [1.82, 2.24) is 14.9 Å². The van der Waals surface area contributed by atoms with Crippen molar-refractivity contribution >= 4 is 25.9 Å². The summed E-state index contributed by atoms with van der Waals surface area (Å²) in [6.45, 7) is 10.8. The smallest absolute Gasteiger partial charge is 0.332 e. The summed E-state index contributed by atoms with van der Waals surface area (Å²) in [7, 11) is -0.523. The Morgan fingerprint density at radius 1 is 1.07 bits per heavy atom. The van der Waals surface area contributed by atoms with Crippen LogP contribution in [0.3, 0.4) is 0 Å². The van der Waals surface area contributed by atoms with Gasteiger partial charge in [0, 0.05) is 7.05 Å². The van der Waals surface area contributed by atoms with E-state index in [-0.39, 0.29) is 17.6 Å². The minimum atomic E-state index is -2.17. The second-order valence-electron chi connectivity index (χ2n) is 8.85. The van der Waals surface area contributed by atoms with Crippen molar-refractivity contribution in [3.8, 4) is 0 Å². The number of urea groups is 1. The van der Waals surface area contributed by atoms with Crippen LogP contribution in [-0.2, 0) is 14.8 Å². The summed E-state index contributed by atoms with van der Waals surface area (Å²) in [5.74, 6) is -0.357. The SMILES string of the molecule is CN1C(=O)N(c2cncnc2)C(=O)C1(CO[Si](C)(C)C(C)(C)C)c1ccccc1. The Morgan fingerprint density at radius 2 is 1.66 bits per heavy atom. The van der Waals surface area contributed by atoms with E-state index in [0.717, 1.165) is 10.5 Å². The fourth-order valence-corrected chi connectivity index (χ4v) is 4.14. The van der Waals surface area contributed by atoms with Gasteiger partial charge >= 0.3 is 6.03 Å². The molecule has 1 atom stereocenters. The molecule has 7 nitrogen and oxygen atoms in total. The highest BCUT2D eigenvalue weighted by atomic mass is 28.4. The van der Waals surface area contributed by atoms with Gasteiger partial charge in [0.25, 0.3) is 5.91 Å². The number of benzene rings is 1. The molecule has 0 saturated carbocycles. The third kappa shape index (κ3) is 3.47. The van der Waals surface area contributed by atoms with Crippen LogP contribution < -0.4 is 4.90 Å². The molecular formula is C21H28N4O3Si. The Morgan fingerprint density at radius 3 is 2.21 bits per heavy atom. The molecule has 3 amide bonds. The van der Waals surface area contributed by atoms with Gasteiger partial charge in [0.2, 0.25) is 0 Å². The van der Waals surface area contributed by atoms with Crippen molar-refractivity contribution in [1.29, 1.82) is 0 Å². The number of carbonyl (C=O) groups excluding carboxylic acids is 2. The maximum Gasteiger partial charge on any atom is 0.332 e. The number of rotatable bonds is 5. The molecule has 1 aliphatic rings. The summed E-state index contributed by atoms with van der Waals surface area (Å²) in [5.41, 5.74) is -0.178. The van der Waals surface area contributed by atoms with E-state index in [2.05, 4.69) is 43.8 Å². The third-order valence-electron chi connectivity index (χ3n) is 6.11. The minimum Gasteiger partial charge on any atom is -0.414 e. The molecule has 29 heavy (non-hydrogen) atoms. The van der Waals surface area contributed by atoms with Gasteiger partial charge in [-0.1, -0.05) is 51.1 Å². The zero-order chi connectivity index (χ0) is 21.4. The summed E-state index contributed by atoms with van der Waals surface area (Å²) in [4.78, 5) is 37.5. The molecule has 0 aliphatic carbocycles. The molecule has 1 aliphatic heterocycles. The van der Waals surface area contributed by atoms with Crippen molar-refractivity contribution in [3.63, 3.8) is 0 Å². The molecule has 154 valence electrons. The summed E-state index contributed by atoms with van der Waals surface area (Å²) in [5, 5.41) is -0.0257. The van der Waals surface area contributed by atoms with Crippen molar-refractivity contribution in [2.24, 2.45) is 0 Å². The number of hydrogen-bond donors (Lipinski definition) is 0. The molecule has 1 fully saturated rings. The first-order valence-electron chi connectivity index (χ1n) is 9.59. The number of likely N-dealkylation sites (N-methyl/N-ethyl adjacent to an activating group) is 1. The average Bonchev–Trinajstić information content (AvgIpc) is 2.87. The van der Waals surface area contributed by atoms with Crippen LogP contribution in [0.2, 0.25) is 18.1 Å². The first-order chi connectivity index (χ1) is 13.5. The van der Waals surface area contributed by atoms with Crippen LogP contribution in [0.25, 0.3) is 0 Å². The highest BCUT2D eigenvalue weighted by molar-refractivity contribution is 6.74. The summed E-state index contributed by atoms with van der Waals surface area (Å²) >= 11 is 0. The van der Waals surface area contributed by atoms with Gasteiger partial charge < -0.3 is 9.33 Å². The topological polar surface area (TPSA) is 75.6 Å². The molecular weight excluding hydrogens is 384 g/mol. The maximum absolute atomic E-state index is 13.8. The Labute approximate surface area is 172 Å². The number of nitrogens with zero attached hydrogens (tertiary/aromatic N) is 4. The van der Waals surface area contributed by atoms with E-state index in [1.54, 1.807) is 7.05 Å². The van der Waals surface area contributed by atoms with Crippen LogP contribution in [0.4, 0.5) is 10.5 Å². The van der Waals surface area contributed by atoms with Crippen LogP contribution in [0.1, 0.15) is 26.3 Å². The Hall–Kier alpha value is -2.58. The van der Waals surface area contributed by atoms with E-state index < -0.39 is 19.9 Å². The fourth-order valence-electron chi connectivity index (χ4n) is 3.14. The molecule has 0 radical (unpaired) electrons. The molecule has 0 N–H and O–H groups in total. The van der Waals surface area contributed by atoms with Gasteiger partial charge in [0.15, 0.2) is 13.9 Å². The number of amides is 3. The number of carbonyl (C=O) groups is 2. The lowest BCUT2D eigenvalue weighted by atomic mass is 9.89. The van der Waals surface area contributed by atoms with Gasteiger partial charge in [0.05, 0.1) is 24.7 Å². The number of imide groups is 1. The lowest BCUT2D eigenvalue weighted by Gasteiger charge is -2.41. The van der Waals surface area contributed by atoms with Crippen molar-refractivity contribution in [2.75, 3.05) is 18.6 Å². The molecule has 0 bridgehead atoms. The highest BCUT2D eigenvalue weighted by Gasteiger charge is 2.58. The first kappa shape index (κ1) is 21.1. The van der Waals surface area contributed by atoms with Crippen molar-refractivity contribution in [3.05, 3.63) is 54.6 Å². The number of anilines is 1. The molecule has 2 heterocycles. The molecule has 8 heteroatoms. The second kappa shape index (κ2) is 7.35. The van der Waals surface area contributed by atoms with Gasteiger partial charge in [-0.25, -0.2) is 19.7 Å². The van der Waals surface area contributed by atoms with Crippen LogP contribution >= 0.6 is 0 Å². The summed E-state index contributed by atoms with van der Waals surface area (Å²) in [6, 6.07) is 8.92. The van der Waals surface area contributed by atoms with Crippen LogP contribution in [-0.4, -0.2) is 48.8 Å². The predicted molar refractivity (Wildman–Crippen MR) is 114 cm³/mol. The monoisotopic (exact) mass is 412 g/mol. The van der Waals surface area contributed by atoms with E-state index >= 15 is 0 Å². The largest absolute Gasteiger partial charge is 0.414 e. The van der Waals surface area contributed by atoms with Crippen molar-refractivity contribution < 1.29 is 14.0 Å². The lowest BCUT2D eigenvalue weighted by Crippen LogP contribution is -2.53. The van der Waals surface area contributed by atoms with E-state index in [1.807, 2.05) is 30.3 Å². The van der Waals surface area contributed by atoms with E-state index in [0.29, 0.717) is 5.69 Å². The number of hydrogen-bond acceptors (Lipinski definition) is 5. The molecule has 1 saturated heterocycles. The average molecular weight is 413 g/mol. The predicted octanol–water partition coefficient (Wildman–Crippen LogP) is 3.79. The van der Waals surface area contributed by atoms with Crippen LogP contribution in [0, 0.1) is 0 Å². The zero-order valence-electron chi connectivity index (χ0n) is 17.8. The first-order valence-corrected chi connectivity index (χ1v) is 12.5. The third-order valence-corrected chi connectivity index (χ3v) is 10.6. The maximum atomic E-state index is 13.8. The Balaban J connectivity index is 2.09. The molecule has 1 aromatic carbocycles. The molecule has 0 spiro atoms. The van der Waals surface area contributed by atoms with E-state index in [9.17, 15) is 9.59 Å². The van der Waals surface area contributed by atoms with Gasteiger partial charge in [-0.3, -0.25) is 4.79 Å². The summed E-state index contributed by atoms with van der Waals surface area (Å²) in [6.07, 6.45) is 4.29. The Kier molecular flexibility index (Phi) is 5.35. The van der Waals surface area contributed by atoms with Crippen LogP contribution in [0.15, 0.2) is 49.1 Å². The zero-order valence-corrected chi connectivity index (χ0v) is 18.8. The summed E-state index contributed by atoms with van der Waals surface area (Å²) < 4.78 is 6.48. The normalized spacial score (nSPS) is 20.5. The Bertz CT molecular complexity index is 899. The standard InChI is InChI=1S/C21H28N4O3Si/c1-20(2,3)29(5,6)28-14-21(16-10-8-7-9-11-16)18(26)25(19(27)24(21)4)17-12-22-15-23-13-17/h7-13,15H,14H2,1-6H3. The molecule has 1 unspecified atom stereocenters. The van der Waals surface area contributed by atoms with E-state index in [4.69, 9.17) is 4.43 Å². The van der Waals surface area contributed by atoms with Gasteiger partial charge in [-0.15, -0.1) is 0 Å². The molecule has 3 rings (SSSR count). The van der Waals surface area contributed by atoms with Gasteiger partial charge in [-0.2, -0.15) is 0 Å². The molecule has 1 aromatic heterocycles. The van der Waals surface area contributed by atoms with Gasteiger partial charge in [0.1, 0.15) is 6.33 Å². The fraction of sp³-hybridized carbons (Fsp3) is 0.429. The lowest BCUT2D eigenvalue weighted by molar-refractivity contribution is -0.126. The number of aromatic nitrogens is 2. The van der Waals surface area contributed by atoms with E-state index in [1.165, 1.54) is 23.6 Å². The quantitative estimate of drug-likeness (QED) is 0.552. The minimum absolute atomic E-state index is 0.0257. The highest BCUT2D eigenvalue weighted by Crippen LogP contribution is 2.42.